The fourth-order valence-electron chi connectivity index (χ4n) is 2.83. The minimum atomic E-state index is -0.918. The van der Waals surface area contributed by atoms with Gasteiger partial charge in [0.15, 0.2) is 0 Å². The fourth-order valence-corrected chi connectivity index (χ4v) is 2.83. The van der Waals surface area contributed by atoms with E-state index in [9.17, 15) is 9.50 Å². The molecule has 0 aliphatic heterocycles. The number of hydrogen-bond acceptors (Lipinski definition) is 1. The summed E-state index contributed by atoms with van der Waals surface area (Å²) in [5.74, 6) is -0.198. The molecule has 1 unspecified atom stereocenters. The largest absolute Gasteiger partial charge is 0.385 e. The van der Waals surface area contributed by atoms with Gasteiger partial charge in [-0.25, -0.2) is 4.39 Å². The Morgan fingerprint density at radius 3 is 2.61 bits per heavy atom. The third-order valence-electron chi connectivity index (χ3n) is 3.75. The molecule has 0 spiro atoms. The second-order valence-corrected chi connectivity index (χ2v) is 4.96. The Balaban J connectivity index is 1.97. The molecular weight excluding hydrogens is 227 g/mol. The van der Waals surface area contributed by atoms with E-state index >= 15 is 0 Å². The predicted octanol–water partition coefficient (Wildman–Crippen LogP) is 3.20. The maximum Gasteiger partial charge on any atom is 0.126 e. The molecule has 0 saturated heterocycles. The van der Waals surface area contributed by atoms with Gasteiger partial charge < -0.3 is 5.11 Å². The molecule has 0 saturated carbocycles. The molecule has 0 aromatic heterocycles. The third-order valence-corrected chi connectivity index (χ3v) is 3.75. The first-order valence-electron chi connectivity index (χ1n) is 6.23. The fraction of sp³-hybridized carbons (Fsp3) is 0.250. The summed E-state index contributed by atoms with van der Waals surface area (Å²) >= 11 is 0. The predicted molar refractivity (Wildman–Crippen MR) is 68.8 cm³/mol. The number of halogens is 1. The highest BCUT2D eigenvalue weighted by Crippen LogP contribution is 2.40. The average Bonchev–Trinajstić information content (AvgIpc) is 2.70. The molecule has 1 atom stereocenters. The van der Waals surface area contributed by atoms with Gasteiger partial charge in [0.2, 0.25) is 0 Å². The van der Waals surface area contributed by atoms with Crippen LogP contribution in [0.4, 0.5) is 4.39 Å². The second kappa shape index (κ2) is 4.21. The van der Waals surface area contributed by atoms with Crippen molar-refractivity contribution >= 4 is 0 Å². The van der Waals surface area contributed by atoms with Crippen LogP contribution in [0.1, 0.15) is 23.1 Å². The second-order valence-electron chi connectivity index (χ2n) is 4.96. The van der Waals surface area contributed by atoms with Gasteiger partial charge >= 0.3 is 0 Å². The van der Waals surface area contributed by atoms with Crippen molar-refractivity contribution in [3.63, 3.8) is 0 Å². The maximum atomic E-state index is 13.7. The van der Waals surface area contributed by atoms with Crippen LogP contribution in [-0.4, -0.2) is 5.11 Å². The molecule has 18 heavy (non-hydrogen) atoms. The van der Waals surface area contributed by atoms with Crippen LogP contribution in [0.3, 0.4) is 0 Å². The number of benzene rings is 2. The van der Waals surface area contributed by atoms with Gasteiger partial charge in [-0.05, 0) is 35.6 Å². The first-order valence-corrected chi connectivity index (χ1v) is 6.23. The summed E-state index contributed by atoms with van der Waals surface area (Å²) in [6.45, 7) is 0. The van der Waals surface area contributed by atoms with Crippen molar-refractivity contribution in [2.45, 2.75) is 24.9 Å². The number of rotatable bonds is 2. The van der Waals surface area contributed by atoms with E-state index in [4.69, 9.17) is 0 Å². The van der Waals surface area contributed by atoms with Crippen molar-refractivity contribution in [1.82, 2.24) is 0 Å². The average molecular weight is 242 g/mol. The van der Waals surface area contributed by atoms with Gasteiger partial charge in [-0.1, -0.05) is 42.5 Å². The van der Waals surface area contributed by atoms with Crippen molar-refractivity contribution in [2.75, 3.05) is 0 Å². The Kier molecular flexibility index (Phi) is 2.67. The number of aliphatic hydroxyl groups is 1. The minimum Gasteiger partial charge on any atom is -0.385 e. The molecule has 1 aliphatic carbocycles. The van der Waals surface area contributed by atoms with Gasteiger partial charge in [-0.3, -0.25) is 0 Å². The van der Waals surface area contributed by atoms with Crippen LogP contribution >= 0.6 is 0 Å². The lowest BCUT2D eigenvalue weighted by Crippen LogP contribution is -2.25. The van der Waals surface area contributed by atoms with E-state index in [0.29, 0.717) is 24.8 Å². The highest BCUT2D eigenvalue weighted by molar-refractivity contribution is 5.39. The summed E-state index contributed by atoms with van der Waals surface area (Å²) in [4.78, 5) is 0. The van der Waals surface area contributed by atoms with E-state index in [0.717, 1.165) is 11.1 Å². The Bertz CT molecular complexity index is 565. The van der Waals surface area contributed by atoms with Gasteiger partial charge in [0.1, 0.15) is 5.82 Å². The van der Waals surface area contributed by atoms with Gasteiger partial charge in [0, 0.05) is 6.42 Å². The lowest BCUT2D eigenvalue weighted by Gasteiger charge is -2.24. The summed E-state index contributed by atoms with van der Waals surface area (Å²) in [6, 6.07) is 14.8. The Morgan fingerprint density at radius 1 is 1.06 bits per heavy atom. The van der Waals surface area contributed by atoms with Crippen LogP contribution in [0.25, 0.3) is 0 Å². The van der Waals surface area contributed by atoms with E-state index in [1.54, 1.807) is 6.07 Å². The summed E-state index contributed by atoms with van der Waals surface area (Å²) in [5.41, 5.74) is 1.60. The molecule has 2 heteroatoms. The van der Waals surface area contributed by atoms with Crippen LogP contribution in [0.2, 0.25) is 0 Å². The van der Waals surface area contributed by atoms with E-state index in [2.05, 4.69) is 0 Å². The van der Waals surface area contributed by atoms with Crippen molar-refractivity contribution < 1.29 is 9.50 Å². The normalized spacial score (nSPS) is 21.9. The first kappa shape index (κ1) is 11.4. The molecule has 0 amide bonds. The first-order chi connectivity index (χ1) is 8.69. The molecule has 1 aliphatic rings. The molecule has 2 aromatic carbocycles. The van der Waals surface area contributed by atoms with Crippen molar-refractivity contribution in [3.05, 3.63) is 71.0 Å². The summed E-state index contributed by atoms with van der Waals surface area (Å²) < 4.78 is 13.7. The molecule has 3 rings (SSSR count). The van der Waals surface area contributed by atoms with Crippen LogP contribution in [0.15, 0.2) is 48.5 Å². The highest BCUT2D eigenvalue weighted by Gasteiger charge is 2.37. The zero-order chi connectivity index (χ0) is 12.6. The molecule has 0 heterocycles. The number of hydrogen-bond donors (Lipinski definition) is 1. The van der Waals surface area contributed by atoms with Crippen LogP contribution < -0.4 is 0 Å². The van der Waals surface area contributed by atoms with Gasteiger partial charge in [-0.2, -0.15) is 0 Å². The monoisotopic (exact) mass is 242 g/mol. The molecule has 0 radical (unpaired) electrons. The molecule has 1 nitrogen and oxygen atoms in total. The zero-order valence-corrected chi connectivity index (χ0v) is 10.1. The molecular formula is C16H15FO. The molecule has 0 bridgehead atoms. The molecule has 92 valence electrons. The molecule has 2 aromatic rings. The van der Waals surface area contributed by atoms with E-state index in [1.807, 2.05) is 36.4 Å². The Morgan fingerprint density at radius 2 is 1.83 bits per heavy atom. The van der Waals surface area contributed by atoms with Crippen molar-refractivity contribution in [3.8, 4) is 0 Å². The number of fused-ring (bicyclic) bond motifs is 1. The lowest BCUT2D eigenvalue weighted by molar-refractivity contribution is 0.0389. The van der Waals surface area contributed by atoms with E-state index in [1.165, 1.54) is 6.07 Å². The third kappa shape index (κ3) is 1.83. The van der Waals surface area contributed by atoms with Crippen molar-refractivity contribution in [1.29, 1.82) is 0 Å². The molecule has 0 fully saturated rings. The zero-order valence-electron chi connectivity index (χ0n) is 10.1. The van der Waals surface area contributed by atoms with Crippen LogP contribution in [-0.2, 0) is 18.4 Å². The minimum absolute atomic E-state index is 0.198. The smallest absolute Gasteiger partial charge is 0.126 e. The topological polar surface area (TPSA) is 20.2 Å². The summed E-state index contributed by atoms with van der Waals surface area (Å²) in [6.07, 6.45) is 1.76. The van der Waals surface area contributed by atoms with Gasteiger partial charge in [0.05, 0.1) is 5.60 Å². The molecule has 1 N–H and O–H groups in total. The SMILES string of the molecule is OC1(Cc2ccccc2)CCc2c(F)cccc21. The van der Waals surface area contributed by atoms with Gasteiger partial charge in [-0.15, -0.1) is 0 Å². The summed E-state index contributed by atoms with van der Waals surface area (Å²) in [7, 11) is 0. The standard InChI is InChI=1S/C16H15FO/c17-15-8-4-7-14-13(15)9-10-16(14,18)11-12-5-2-1-3-6-12/h1-8,18H,9-11H2. The van der Waals surface area contributed by atoms with Crippen molar-refractivity contribution in [2.24, 2.45) is 0 Å². The Hall–Kier alpha value is -1.67. The highest BCUT2D eigenvalue weighted by atomic mass is 19.1. The lowest BCUT2D eigenvalue weighted by atomic mass is 9.89. The Labute approximate surface area is 106 Å². The van der Waals surface area contributed by atoms with Gasteiger partial charge in [0.25, 0.3) is 0 Å². The maximum absolute atomic E-state index is 13.7. The van der Waals surface area contributed by atoms with Crippen LogP contribution in [0, 0.1) is 5.82 Å². The van der Waals surface area contributed by atoms with E-state index < -0.39 is 5.60 Å². The summed E-state index contributed by atoms with van der Waals surface area (Å²) in [5, 5.41) is 10.8. The quantitative estimate of drug-likeness (QED) is 0.857. The van der Waals surface area contributed by atoms with E-state index in [-0.39, 0.29) is 5.82 Å². The van der Waals surface area contributed by atoms with Crippen LogP contribution in [0.5, 0.6) is 0 Å².